The Labute approximate surface area is 94.4 Å². The Hall–Kier alpha value is -1.22. The third-order valence-corrected chi connectivity index (χ3v) is 2.38. The van der Waals surface area contributed by atoms with Gasteiger partial charge in [-0.2, -0.15) is 0 Å². The number of esters is 1. The van der Waals surface area contributed by atoms with Crippen molar-refractivity contribution in [2.75, 3.05) is 12.4 Å². The number of hydrogen-bond acceptors (Lipinski definition) is 3. The van der Waals surface area contributed by atoms with Gasteiger partial charge < -0.3 is 10.1 Å². The number of methoxy groups -OCH3 is 1. The molecule has 1 atom stereocenters. The lowest BCUT2D eigenvalue weighted by Crippen LogP contribution is -2.27. The largest absolute Gasteiger partial charge is 0.467 e. The summed E-state index contributed by atoms with van der Waals surface area (Å²) >= 11 is 5.97. The van der Waals surface area contributed by atoms with Gasteiger partial charge in [-0.25, -0.2) is 4.79 Å². The van der Waals surface area contributed by atoms with Gasteiger partial charge in [0.1, 0.15) is 6.04 Å². The molecular weight excluding hydrogens is 214 g/mol. The van der Waals surface area contributed by atoms with E-state index in [1.54, 1.807) is 13.0 Å². The van der Waals surface area contributed by atoms with Crippen molar-refractivity contribution in [3.63, 3.8) is 0 Å². The van der Waals surface area contributed by atoms with E-state index in [1.165, 1.54) is 7.11 Å². The number of benzene rings is 1. The van der Waals surface area contributed by atoms with E-state index in [0.29, 0.717) is 5.02 Å². The summed E-state index contributed by atoms with van der Waals surface area (Å²) in [4.78, 5) is 11.2. The molecule has 0 spiro atoms. The van der Waals surface area contributed by atoms with E-state index in [-0.39, 0.29) is 5.97 Å². The van der Waals surface area contributed by atoms with Gasteiger partial charge in [-0.15, -0.1) is 0 Å². The summed E-state index contributed by atoms with van der Waals surface area (Å²) in [5.41, 5.74) is 1.83. The summed E-state index contributed by atoms with van der Waals surface area (Å²) in [5.74, 6) is -0.312. The van der Waals surface area contributed by atoms with E-state index in [1.807, 2.05) is 19.1 Å². The molecule has 15 heavy (non-hydrogen) atoms. The molecule has 0 aliphatic heterocycles. The molecular formula is C11H14ClNO2. The van der Waals surface area contributed by atoms with Crippen LogP contribution in [0.1, 0.15) is 12.5 Å². The smallest absolute Gasteiger partial charge is 0.327 e. The van der Waals surface area contributed by atoms with Crippen LogP contribution in [0.15, 0.2) is 18.2 Å². The second-order valence-electron chi connectivity index (χ2n) is 3.37. The van der Waals surface area contributed by atoms with Crippen molar-refractivity contribution in [2.24, 2.45) is 0 Å². The Bertz CT molecular complexity index is 366. The Morgan fingerprint density at radius 1 is 1.53 bits per heavy atom. The molecule has 4 heteroatoms. The van der Waals surface area contributed by atoms with Crippen molar-refractivity contribution in [3.8, 4) is 0 Å². The number of anilines is 1. The van der Waals surface area contributed by atoms with Gasteiger partial charge in [0.2, 0.25) is 0 Å². The highest BCUT2D eigenvalue weighted by Crippen LogP contribution is 2.23. The molecule has 1 unspecified atom stereocenters. The lowest BCUT2D eigenvalue weighted by atomic mass is 10.2. The molecule has 0 aliphatic carbocycles. The van der Waals surface area contributed by atoms with Crippen molar-refractivity contribution in [1.82, 2.24) is 0 Å². The lowest BCUT2D eigenvalue weighted by Gasteiger charge is -2.14. The standard InChI is InChI=1S/C11H14ClNO2/c1-7-4-5-9(12)10(6-7)13-8(2)11(14)15-3/h4-6,8,13H,1-3H3. The molecule has 0 aliphatic rings. The number of rotatable bonds is 3. The van der Waals surface area contributed by atoms with Crippen LogP contribution in [0.3, 0.4) is 0 Å². The summed E-state index contributed by atoms with van der Waals surface area (Å²) < 4.78 is 4.61. The quantitative estimate of drug-likeness (QED) is 0.807. The maximum Gasteiger partial charge on any atom is 0.327 e. The normalized spacial score (nSPS) is 12.0. The topological polar surface area (TPSA) is 38.3 Å². The van der Waals surface area contributed by atoms with Crippen LogP contribution in [0.25, 0.3) is 0 Å². The van der Waals surface area contributed by atoms with Gasteiger partial charge in [-0.05, 0) is 31.5 Å². The lowest BCUT2D eigenvalue weighted by molar-refractivity contribution is -0.141. The van der Waals surface area contributed by atoms with E-state index in [0.717, 1.165) is 11.3 Å². The van der Waals surface area contributed by atoms with Crippen LogP contribution < -0.4 is 5.32 Å². The molecule has 0 saturated heterocycles. The Morgan fingerprint density at radius 2 is 2.20 bits per heavy atom. The fourth-order valence-electron chi connectivity index (χ4n) is 1.22. The number of carbonyl (C=O) groups excluding carboxylic acids is 1. The Morgan fingerprint density at radius 3 is 2.80 bits per heavy atom. The van der Waals surface area contributed by atoms with Crippen molar-refractivity contribution in [3.05, 3.63) is 28.8 Å². The number of aryl methyl sites for hydroxylation is 1. The van der Waals surface area contributed by atoms with Gasteiger partial charge in [-0.3, -0.25) is 0 Å². The van der Waals surface area contributed by atoms with Gasteiger partial charge in [0.25, 0.3) is 0 Å². The van der Waals surface area contributed by atoms with Crippen LogP contribution in [0.5, 0.6) is 0 Å². The second-order valence-corrected chi connectivity index (χ2v) is 3.78. The fourth-order valence-corrected chi connectivity index (χ4v) is 1.39. The molecule has 0 fully saturated rings. The summed E-state index contributed by atoms with van der Waals surface area (Å²) in [5, 5.41) is 3.59. The number of ether oxygens (including phenoxy) is 1. The van der Waals surface area contributed by atoms with E-state index >= 15 is 0 Å². The molecule has 1 aromatic rings. The molecule has 0 aromatic heterocycles. The Balaban J connectivity index is 2.80. The third kappa shape index (κ3) is 3.13. The first kappa shape index (κ1) is 11.9. The summed E-state index contributed by atoms with van der Waals surface area (Å²) in [7, 11) is 1.36. The predicted molar refractivity (Wildman–Crippen MR) is 61.3 cm³/mol. The average Bonchev–Trinajstić information content (AvgIpc) is 2.22. The van der Waals surface area contributed by atoms with Gasteiger partial charge in [0, 0.05) is 0 Å². The predicted octanol–water partition coefficient (Wildman–Crippen LogP) is 2.62. The zero-order valence-electron chi connectivity index (χ0n) is 9.00. The molecule has 0 radical (unpaired) electrons. The maximum absolute atomic E-state index is 11.2. The maximum atomic E-state index is 11.2. The van der Waals surface area contributed by atoms with E-state index < -0.39 is 6.04 Å². The van der Waals surface area contributed by atoms with Gasteiger partial charge in [-0.1, -0.05) is 17.7 Å². The molecule has 1 rings (SSSR count). The highest BCUT2D eigenvalue weighted by atomic mass is 35.5. The van der Waals surface area contributed by atoms with Crippen molar-refractivity contribution < 1.29 is 9.53 Å². The van der Waals surface area contributed by atoms with Crippen LogP contribution in [0.4, 0.5) is 5.69 Å². The zero-order chi connectivity index (χ0) is 11.4. The number of hydrogen-bond donors (Lipinski definition) is 1. The van der Waals surface area contributed by atoms with Crippen molar-refractivity contribution >= 4 is 23.3 Å². The van der Waals surface area contributed by atoms with Gasteiger partial charge in [0.05, 0.1) is 17.8 Å². The molecule has 1 N–H and O–H groups in total. The minimum atomic E-state index is -0.408. The molecule has 1 aromatic carbocycles. The molecule has 3 nitrogen and oxygen atoms in total. The number of carbonyl (C=O) groups is 1. The van der Waals surface area contributed by atoms with Crippen LogP contribution in [-0.2, 0) is 9.53 Å². The van der Waals surface area contributed by atoms with E-state index in [4.69, 9.17) is 11.6 Å². The SMILES string of the molecule is COC(=O)C(C)Nc1cc(C)ccc1Cl. The monoisotopic (exact) mass is 227 g/mol. The summed E-state index contributed by atoms with van der Waals surface area (Å²) in [6, 6.07) is 5.19. The second kappa shape index (κ2) is 5.03. The van der Waals surface area contributed by atoms with Crippen molar-refractivity contribution in [2.45, 2.75) is 19.9 Å². The first-order valence-electron chi connectivity index (χ1n) is 4.65. The van der Waals surface area contributed by atoms with Crippen LogP contribution in [0, 0.1) is 6.92 Å². The zero-order valence-corrected chi connectivity index (χ0v) is 9.76. The summed E-state index contributed by atoms with van der Waals surface area (Å²) in [6.07, 6.45) is 0. The van der Waals surface area contributed by atoms with Gasteiger partial charge >= 0.3 is 5.97 Å². The number of nitrogens with one attached hydrogen (secondary N) is 1. The van der Waals surface area contributed by atoms with E-state index in [9.17, 15) is 4.79 Å². The van der Waals surface area contributed by atoms with Crippen LogP contribution >= 0.6 is 11.6 Å². The molecule has 0 heterocycles. The summed E-state index contributed by atoms with van der Waals surface area (Å²) in [6.45, 7) is 3.69. The first-order valence-corrected chi connectivity index (χ1v) is 5.03. The average molecular weight is 228 g/mol. The van der Waals surface area contributed by atoms with Crippen molar-refractivity contribution in [1.29, 1.82) is 0 Å². The van der Waals surface area contributed by atoms with E-state index in [2.05, 4.69) is 10.1 Å². The minimum Gasteiger partial charge on any atom is -0.467 e. The van der Waals surface area contributed by atoms with Crippen LogP contribution in [0.2, 0.25) is 5.02 Å². The Kier molecular flexibility index (Phi) is 3.97. The van der Waals surface area contributed by atoms with Gasteiger partial charge in [0.15, 0.2) is 0 Å². The first-order chi connectivity index (χ1) is 7.04. The highest BCUT2D eigenvalue weighted by molar-refractivity contribution is 6.33. The van der Waals surface area contributed by atoms with Crippen LogP contribution in [-0.4, -0.2) is 19.1 Å². The highest BCUT2D eigenvalue weighted by Gasteiger charge is 2.13. The molecule has 0 bridgehead atoms. The fraction of sp³-hybridized carbons (Fsp3) is 0.364. The molecule has 82 valence electrons. The molecule has 0 amide bonds. The molecule has 0 saturated carbocycles. The third-order valence-electron chi connectivity index (χ3n) is 2.05. The minimum absolute atomic E-state index is 0.312. The number of halogens is 1.